The molecule has 0 saturated carbocycles. The van der Waals surface area contributed by atoms with Gasteiger partial charge in [0.15, 0.2) is 0 Å². The molecule has 0 radical (unpaired) electrons. The Balaban J connectivity index is 1.96. The second-order valence-corrected chi connectivity index (χ2v) is 8.30. The van der Waals surface area contributed by atoms with Gasteiger partial charge in [-0.2, -0.15) is 0 Å². The number of hydrogen-bond acceptors (Lipinski definition) is 1. The molecule has 2 unspecified atom stereocenters. The van der Waals surface area contributed by atoms with E-state index < -0.39 is 13.8 Å². The molecule has 0 amide bonds. The van der Waals surface area contributed by atoms with Gasteiger partial charge < -0.3 is 0 Å². The summed E-state index contributed by atoms with van der Waals surface area (Å²) in [4.78, 5) is 0.0149. The van der Waals surface area contributed by atoms with Crippen molar-refractivity contribution >= 4 is 18.3 Å². The van der Waals surface area contributed by atoms with E-state index in [2.05, 4.69) is 36.1 Å². The van der Waals surface area contributed by atoms with Crippen molar-refractivity contribution in [2.45, 2.75) is 31.0 Å². The molecule has 0 aromatic heterocycles. The van der Waals surface area contributed by atoms with E-state index in [0.717, 1.165) is 23.7 Å². The second-order valence-electron chi connectivity index (χ2n) is 4.87. The van der Waals surface area contributed by atoms with Crippen molar-refractivity contribution in [1.29, 1.82) is 0 Å². The first kappa shape index (κ1) is 15.7. The zero-order chi connectivity index (χ0) is 14.9. The molecule has 21 heavy (non-hydrogen) atoms. The van der Waals surface area contributed by atoms with E-state index in [-0.39, 0.29) is 4.82 Å². The molecule has 0 aliphatic rings. The summed E-state index contributed by atoms with van der Waals surface area (Å²) in [5.41, 5.74) is 1.34. The summed E-state index contributed by atoms with van der Waals surface area (Å²) in [5.74, 6) is 6.11. The van der Waals surface area contributed by atoms with Crippen molar-refractivity contribution in [3.63, 3.8) is 0 Å². The third-order valence-corrected chi connectivity index (χ3v) is 6.69. The van der Waals surface area contributed by atoms with E-state index in [1.807, 2.05) is 43.3 Å². The summed E-state index contributed by atoms with van der Waals surface area (Å²) < 4.78 is 13.6. The number of hydrogen-bond donors (Lipinski definition) is 0. The monoisotopic (exact) mass is 344 g/mol. The summed E-state index contributed by atoms with van der Waals surface area (Å²) in [6, 6.07) is 20.2. The molecular weight excluding hydrogens is 323 g/mol. The Morgan fingerprint density at radius 1 is 1.00 bits per heavy atom. The van der Waals surface area contributed by atoms with Gasteiger partial charge in [0.2, 0.25) is 0 Å². The standard InChI is InChI=1S/C19H20OSe/c1-2-10-18(21(20)19-14-7-4-8-15-19)16-9-13-17-11-5-3-6-12-17/h3-8,11-12,14-15,18H,9,13,16H2,1H3. The Labute approximate surface area is 131 Å². The van der Waals surface area contributed by atoms with E-state index in [9.17, 15) is 3.83 Å². The van der Waals surface area contributed by atoms with Gasteiger partial charge >= 0.3 is 131 Å². The van der Waals surface area contributed by atoms with Crippen molar-refractivity contribution in [3.8, 4) is 11.8 Å². The molecule has 2 rings (SSSR count). The average Bonchev–Trinajstić information content (AvgIpc) is 2.55. The van der Waals surface area contributed by atoms with E-state index in [0.29, 0.717) is 0 Å². The van der Waals surface area contributed by atoms with Gasteiger partial charge in [-0.05, 0) is 0 Å². The summed E-state index contributed by atoms with van der Waals surface area (Å²) in [7, 11) is 0. The molecule has 0 bridgehead atoms. The predicted molar refractivity (Wildman–Crippen MR) is 89.1 cm³/mol. The van der Waals surface area contributed by atoms with Crippen LogP contribution in [-0.2, 0) is 10.3 Å². The molecule has 0 spiro atoms. The van der Waals surface area contributed by atoms with Crippen molar-refractivity contribution in [2.75, 3.05) is 0 Å². The van der Waals surface area contributed by atoms with Crippen LogP contribution in [0.5, 0.6) is 0 Å². The molecule has 0 aliphatic heterocycles. The minimum absolute atomic E-state index is 0.0149. The van der Waals surface area contributed by atoms with Gasteiger partial charge in [0.1, 0.15) is 0 Å². The fourth-order valence-corrected chi connectivity index (χ4v) is 5.10. The summed E-state index contributed by atoms with van der Waals surface area (Å²) in [5, 5.41) is 0. The van der Waals surface area contributed by atoms with Crippen molar-refractivity contribution in [2.24, 2.45) is 0 Å². The van der Waals surface area contributed by atoms with Crippen LogP contribution in [0.1, 0.15) is 25.3 Å². The van der Waals surface area contributed by atoms with Gasteiger partial charge in [0.05, 0.1) is 0 Å². The molecule has 0 N–H and O–H groups in total. The third-order valence-electron chi connectivity index (χ3n) is 3.31. The third kappa shape index (κ3) is 4.97. The number of benzene rings is 2. The SMILES string of the molecule is CC#CC(CCCc1ccccc1)[Se](=O)c1ccccc1. The van der Waals surface area contributed by atoms with Crippen LogP contribution >= 0.6 is 0 Å². The van der Waals surface area contributed by atoms with E-state index >= 15 is 0 Å². The Kier molecular flexibility index (Phi) is 6.41. The average molecular weight is 343 g/mol. The fraction of sp³-hybridized carbons (Fsp3) is 0.263. The predicted octanol–water partition coefficient (Wildman–Crippen LogP) is 3.73. The maximum absolute atomic E-state index is 12.7. The van der Waals surface area contributed by atoms with Crippen LogP contribution in [0.25, 0.3) is 0 Å². The van der Waals surface area contributed by atoms with Crippen LogP contribution in [0.3, 0.4) is 0 Å². The molecule has 2 atom stereocenters. The van der Waals surface area contributed by atoms with Gasteiger partial charge in [0.25, 0.3) is 0 Å². The summed E-state index contributed by atoms with van der Waals surface area (Å²) in [6.07, 6.45) is 2.95. The quantitative estimate of drug-likeness (QED) is 0.577. The summed E-state index contributed by atoms with van der Waals surface area (Å²) in [6.45, 7) is 1.83. The first-order valence-corrected chi connectivity index (χ1v) is 9.77. The van der Waals surface area contributed by atoms with Crippen LogP contribution in [0.15, 0.2) is 60.7 Å². The van der Waals surface area contributed by atoms with Crippen LogP contribution in [0, 0.1) is 11.8 Å². The van der Waals surface area contributed by atoms with Crippen LogP contribution in [0.4, 0.5) is 0 Å². The molecular formula is C19H20OSe. The van der Waals surface area contributed by atoms with Crippen LogP contribution in [-0.4, -0.2) is 13.8 Å². The van der Waals surface area contributed by atoms with E-state index in [1.54, 1.807) is 0 Å². The van der Waals surface area contributed by atoms with Crippen molar-refractivity contribution in [3.05, 3.63) is 66.2 Å². The summed E-state index contributed by atoms with van der Waals surface area (Å²) >= 11 is -2.09. The molecule has 2 aromatic rings. The molecule has 0 fully saturated rings. The first-order valence-electron chi connectivity index (χ1n) is 7.23. The molecule has 0 aliphatic carbocycles. The number of rotatable bonds is 6. The van der Waals surface area contributed by atoms with Gasteiger partial charge in [-0.3, -0.25) is 0 Å². The topological polar surface area (TPSA) is 17.1 Å². The molecule has 1 nitrogen and oxygen atoms in total. The van der Waals surface area contributed by atoms with Gasteiger partial charge in [-0.1, -0.05) is 0 Å². The Bertz CT molecular complexity index is 623. The van der Waals surface area contributed by atoms with Crippen molar-refractivity contribution < 1.29 is 3.83 Å². The number of aryl methyl sites for hydroxylation is 1. The van der Waals surface area contributed by atoms with E-state index in [4.69, 9.17) is 0 Å². The molecule has 0 heterocycles. The Hall–Kier alpha value is -1.68. The minimum atomic E-state index is -2.09. The molecule has 108 valence electrons. The van der Waals surface area contributed by atoms with Crippen LogP contribution in [0.2, 0.25) is 4.82 Å². The zero-order valence-electron chi connectivity index (χ0n) is 12.3. The molecule has 2 heteroatoms. The Morgan fingerprint density at radius 2 is 1.62 bits per heavy atom. The fourth-order valence-electron chi connectivity index (χ4n) is 2.25. The van der Waals surface area contributed by atoms with Gasteiger partial charge in [-0.15, -0.1) is 0 Å². The maximum atomic E-state index is 12.7. The first-order chi connectivity index (χ1) is 10.3. The van der Waals surface area contributed by atoms with Gasteiger partial charge in [-0.25, -0.2) is 0 Å². The molecule has 2 aromatic carbocycles. The zero-order valence-corrected chi connectivity index (χ0v) is 14.0. The van der Waals surface area contributed by atoms with Crippen LogP contribution < -0.4 is 4.46 Å². The Morgan fingerprint density at radius 3 is 2.24 bits per heavy atom. The van der Waals surface area contributed by atoms with Crippen molar-refractivity contribution in [1.82, 2.24) is 0 Å². The normalized spacial score (nSPS) is 13.0. The van der Waals surface area contributed by atoms with Gasteiger partial charge in [0, 0.05) is 0 Å². The van der Waals surface area contributed by atoms with E-state index in [1.165, 1.54) is 5.56 Å². The molecule has 0 saturated heterocycles. The second kappa shape index (κ2) is 8.57.